The average Bonchev–Trinajstić information content (AvgIpc) is 2.59. The molecule has 0 bridgehead atoms. The first-order valence-electron chi connectivity index (χ1n) is 9.21. The van der Waals surface area contributed by atoms with Crippen LogP contribution >= 0.6 is 0 Å². The highest BCUT2D eigenvalue weighted by Gasteiger charge is 2.44. The van der Waals surface area contributed by atoms with Gasteiger partial charge in [0.05, 0.1) is 11.9 Å². The van der Waals surface area contributed by atoms with Crippen LogP contribution in [-0.2, 0) is 30.8 Å². The average molecular weight is 413 g/mol. The quantitative estimate of drug-likeness (QED) is 0.636. The van der Waals surface area contributed by atoms with Crippen LogP contribution in [0.2, 0.25) is 0 Å². The van der Waals surface area contributed by atoms with Gasteiger partial charge in [-0.05, 0) is 39.2 Å². The molecular formula is C20H32N2O5S. The lowest BCUT2D eigenvalue weighted by atomic mass is 9.88. The first-order chi connectivity index (χ1) is 12.7. The molecule has 2 N–H and O–H groups in total. The Hall–Kier alpha value is -1.93. The van der Waals surface area contributed by atoms with E-state index in [4.69, 9.17) is 4.74 Å². The lowest BCUT2D eigenvalue weighted by molar-refractivity contribution is -0.146. The molecule has 1 rings (SSSR count). The lowest BCUT2D eigenvalue weighted by Crippen LogP contribution is -2.64. The van der Waals surface area contributed by atoms with Gasteiger partial charge in [-0.2, -0.15) is 4.72 Å². The van der Waals surface area contributed by atoms with E-state index in [1.807, 2.05) is 30.3 Å². The predicted octanol–water partition coefficient (Wildman–Crippen LogP) is 2.02. The fourth-order valence-electron chi connectivity index (χ4n) is 2.35. The van der Waals surface area contributed by atoms with Crippen molar-refractivity contribution in [2.75, 3.05) is 7.11 Å². The van der Waals surface area contributed by atoms with Crippen LogP contribution < -0.4 is 10.0 Å². The van der Waals surface area contributed by atoms with Crippen molar-refractivity contribution in [3.63, 3.8) is 0 Å². The van der Waals surface area contributed by atoms with E-state index in [9.17, 15) is 18.0 Å². The number of benzene rings is 1. The molecule has 0 heterocycles. The summed E-state index contributed by atoms with van der Waals surface area (Å²) < 4.78 is 31.6. The standard InChI is InChI=1S/C20H32N2O5S/c1-14(2)20(6,22-28(25,26)19(3,4)5)18(24)21-16(17(23)27-7)13-15-11-9-8-10-12-15/h8-12,14,16,22H,13H2,1-7H3,(H,21,24)/t16-,20+/m0/s1. The zero-order chi connectivity index (χ0) is 21.8. The first-order valence-corrected chi connectivity index (χ1v) is 10.7. The number of methoxy groups -OCH3 is 1. The summed E-state index contributed by atoms with van der Waals surface area (Å²) in [4.78, 5) is 25.3. The molecule has 0 aliphatic heterocycles. The van der Waals surface area contributed by atoms with Crippen molar-refractivity contribution >= 4 is 21.9 Å². The summed E-state index contributed by atoms with van der Waals surface area (Å²) >= 11 is 0. The molecule has 0 saturated carbocycles. The van der Waals surface area contributed by atoms with Gasteiger partial charge in [-0.1, -0.05) is 44.2 Å². The molecule has 1 amide bonds. The van der Waals surface area contributed by atoms with Gasteiger partial charge in [0.2, 0.25) is 15.9 Å². The summed E-state index contributed by atoms with van der Waals surface area (Å²) in [5.74, 6) is -1.54. The molecule has 8 heteroatoms. The van der Waals surface area contributed by atoms with Crippen LogP contribution in [0.3, 0.4) is 0 Å². The van der Waals surface area contributed by atoms with Crippen LogP contribution in [0.1, 0.15) is 47.1 Å². The van der Waals surface area contributed by atoms with E-state index >= 15 is 0 Å². The minimum Gasteiger partial charge on any atom is -0.467 e. The fraction of sp³-hybridized carbons (Fsp3) is 0.600. The fourth-order valence-corrected chi connectivity index (χ4v) is 3.54. The van der Waals surface area contributed by atoms with Gasteiger partial charge in [-0.15, -0.1) is 0 Å². The monoisotopic (exact) mass is 412 g/mol. The van der Waals surface area contributed by atoms with Crippen molar-refractivity contribution < 1.29 is 22.7 Å². The molecule has 0 aliphatic rings. The van der Waals surface area contributed by atoms with Gasteiger partial charge in [0.15, 0.2) is 0 Å². The topological polar surface area (TPSA) is 102 Å². The van der Waals surface area contributed by atoms with Crippen LogP contribution in [0.5, 0.6) is 0 Å². The Balaban J connectivity index is 3.15. The second kappa shape index (κ2) is 9.05. The van der Waals surface area contributed by atoms with E-state index in [1.165, 1.54) is 14.0 Å². The molecule has 0 unspecified atom stereocenters. The number of amides is 1. The van der Waals surface area contributed by atoms with Crippen LogP contribution in [0.4, 0.5) is 0 Å². The maximum atomic E-state index is 13.1. The Labute approximate surface area is 168 Å². The number of esters is 1. The molecule has 0 fully saturated rings. The number of rotatable bonds is 8. The van der Waals surface area contributed by atoms with E-state index in [2.05, 4.69) is 10.0 Å². The van der Waals surface area contributed by atoms with Crippen molar-refractivity contribution in [3.8, 4) is 0 Å². The minimum atomic E-state index is -3.79. The highest BCUT2D eigenvalue weighted by molar-refractivity contribution is 7.90. The molecule has 0 saturated heterocycles. The third-order valence-corrected chi connectivity index (χ3v) is 7.16. The summed E-state index contributed by atoms with van der Waals surface area (Å²) in [5.41, 5.74) is -0.588. The van der Waals surface area contributed by atoms with Gasteiger partial charge < -0.3 is 10.1 Å². The van der Waals surface area contributed by atoms with Crippen molar-refractivity contribution in [2.45, 2.75) is 64.3 Å². The second-order valence-electron chi connectivity index (χ2n) is 8.31. The Morgan fingerprint density at radius 1 is 1.07 bits per heavy atom. The number of nitrogens with one attached hydrogen (secondary N) is 2. The van der Waals surface area contributed by atoms with Gasteiger partial charge in [0, 0.05) is 6.42 Å². The predicted molar refractivity (Wildman–Crippen MR) is 109 cm³/mol. The summed E-state index contributed by atoms with van der Waals surface area (Å²) in [6, 6.07) is 8.27. The summed E-state index contributed by atoms with van der Waals surface area (Å²) in [7, 11) is -2.55. The molecule has 28 heavy (non-hydrogen) atoms. The van der Waals surface area contributed by atoms with E-state index in [0.717, 1.165) is 5.56 Å². The number of hydrogen-bond acceptors (Lipinski definition) is 5. The Bertz CT molecular complexity index is 785. The Morgan fingerprint density at radius 2 is 1.61 bits per heavy atom. The largest absolute Gasteiger partial charge is 0.467 e. The van der Waals surface area contributed by atoms with E-state index in [1.54, 1.807) is 34.6 Å². The van der Waals surface area contributed by atoms with E-state index in [0.29, 0.717) is 0 Å². The van der Waals surface area contributed by atoms with Crippen LogP contribution in [0, 0.1) is 5.92 Å². The summed E-state index contributed by atoms with van der Waals surface area (Å²) in [5, 5.41) is 2.67. The molecule has 1 aromatic rings. The highest BCUT2D eigenvalue weighted by atomic mass is 32.2. The third-order valence-electron chi connectivity index (χ3n) is 4.85. The number of sulfonamides is 1. The first kappa shape index (κ1) is 24.1. The molecule has 7 nitrogen and oxygen atoms in total. The van der Waals surface area contributed by atoms with Crippen LogP contribution in [0.15, 0.2) is 30.3 Å². The van der Waals surface area contributed by atoms with E-state index < -0.39 is 38.2 Å². The van der Waals surface area contributed by atoms with Gasteiger partial charge in [0.25, 0.3) is 0 Å². The number of hydrogen-bond donors (Lipinski definition) is 2. The molecule has 0 aromatic heterocycles. The molecule has 0 spiro atoms. The van der Waals surface area contributed by atoms with Crippen molar-refractivity contribution in [3.05, 3.63) is 35.9 Å². The lowest BCUT2D eigenvalue weighted by Gasteiger charge is -2.36. The maximum absolute atomic E-state index is 13.1. The normalized spacial score (nSPS) is 15.6. The van der Waals surface area contributed by atoms with Crippen LogP contribution in [0.25, 0.3) is 0 Å². The van der Waals surface area contributed by atoms with Gasteiger partial charge in [-0.25, -0.2) is 13.2 Å². The maximum Gasteiger partial charge on any atom is 0.328 e. The molecule has 0 radical (unpaired) electrons. The molecule has 0 aliphatic carbocycles. The minimum absolute atomic E-state index is 0.236. The second-order valence-corrected chi connectivity index (χ2v) is 10.7. The summed E-state index contributed by atoms with van der Waals surface area (Å²) in [6.45, 7) is 9.68. The molecular weight excluding hydrogens is 380 g/mol. The summed E-state index contributed by atoms with van der Waals surface area (Å²) in [6.07, 6.45) is 0.236. The molecule has 158 valence electrons. The Morgan fingerprint density at radius 3 is 2.04 bits per heavy atom. The Kier molecular flexibility index (Phi) is 7.79. The zero-order valence-corrected chi connectivity index (χ0v) is 18.5. The molecule has 2 atom stereocenters. The molecule has 1 aromatic carbocycles. The van der Waals surface area contributed by atoms with Crippen molar-refractivity contribution in [1.29, 1.82) is 0 Å². The van der Waals surface area contributed by atoms with Gasteiger partial charge in [-0.3, -0.25) is 4.79 Å². The smallest absolute Gasteiger partial charge is 0.328 e. The van der Waals surface area contributed by atoms with Gasteiger partial charge in [0.1, 0.15) is 11.6 Å². The third kappa shape index (κ3) is 5.78. The van der Waals surface area contributed by atoms with Crippen molar-refractivity contribution in [1.82, 2.24) is 10.0 Å². The SMILES string of the molecule is COC(=O)[C@H](Cc1ccccc1)NC(=O)[C@](C)(NS(=O)(=O)C(C)(C)C)C(C)C. The number of carbonyl (C=O) groups is 2. The van der Waals surface area contributed by atoms with Crippen LogP contribution in [-0.4, -0.2) is 43.7 Å². The number of ether oxygens (including phenoxy) is 1. The highest BCUT2D eigenvalue weighted by Crippen LogP contribution is 2.23. The number of carbonyl (C=O) groups excluding carboxylic acids is 2. The van der Waals surface area contributed by atoms with Crippen molar-refractivity contribution in [2.24, 2.45) is 5.92 Å². The van der Waals surface area contributed by atoms with E-state index in [-0.39, 0.29) is 12.3 Å². The van der Waals surface area contributed by atoms with Gasteiger partial charge >= 0.3 is 5.97 Å². The zero-order valence-electron chi connectivity index (χ0n) is 17.7.